The zero-order chi connectivity index (χ0) is 9.80. The van der Waals surface area contributed by atoms with Gasteiger partial charge in [-0.25, -0.2) is 0 Å². The number of rotatable bonds is 0. The van der Waals surface area contributed by atoms with E-state index in [0.29, 0.717) is 0 Å². The molecule has 0 bridgehead atoms. The monoisotopic (exact) mass is 186 g/mol. The van der Waals surface area contributed by atoms with E-state index in [-0.39, 0.29) is 0 Å². The summed E-state index contributed by atoms with van der Waals surface area (Å²) >= 11 is 0. The number of pyridine rings is 1. The lowest BCUT2D eigenvalue weighted by Crippen LogP contribution is -2.26. The number of aromatic nitrogens is 1. The highest BCUT2D eigenvalue weighted by molar-refractivity contribution is 5.40. The van der Waals surface area contributed by atoms with Gasteiger partial charge < -0.3 is 0 Å². The third kappa shape index (κ3) is 1.90. The first-order valence-corrected chi connectivity index (χ1v) is 5.00. The van der Waals surface area contributed by atoms with Crippen LogP contribution in [-0.2, 0) is 0 Å². The van der Waals surface area contributed by atoms with Crippen LogP contribution in [-0.4, -0.2) is 4.98 Å². The maximum atomic E-state index is 4.42. The van der Waals surface area contributed by atoms with E-state index in [1.54, 1.807) is 6.20 Å². The van der Waals surface area contributed by atoms with Crippen molar-refractivity contribution in [2.45, 2.75) is 26.2 Å². The van der Waals surface area contributed by atoms with Gasteiger partial charge in [0.05, 0.1) is 5.36 Å². The Bertz CT molecular complexity index is 457. The van der Waals surface area contributed by atoms with Crippen LogP contribution in [0.4, 0.5) is 0 Å². The Morgan fingerprint density at radius 2 is 2.29 bits per heavy atom. The molecule has 0 spiro atoms. The minimum Gasteiger partial charge on any atom is -0.264 e. The number of hydrogen-bond acceptors (Lipinski definition) is 2. The molecule has 72 valence electrons. The Morgan fingerprint density at radius 3 is 3.21 bits per heavy atom. The van der Waals surface area contributed by atoms with E-state index in [4.69, 9.17) is 0 Å². The van der Waals surface area contributed by atoms with Crippen LogP contribution in [0.15, 0.2) is 35.7 Å². The molecule has 2 nitrogen and oxygen atoms in total. The molecule has 0 unspecified atom stereocenters. The lowest BCUT2D eigenvalue weighted by atomic mass is 10.1. The van der Waals surface area contributed by atoms with E-state index >= 15 is 0 Å². The van der Waals surface area contributed by atoms with Gasteiger partial charge in [0.15, 0.2) is 0 Å². The third-order valence-corrected chi connectivity index (χ3v) is 2.50. The average Bonchev–Trinajstić information content (AvgIpc) is 2.30. The molecule has 0 aliphatic carbocycles. The van der Waals surface area contributed by atoms with Crippen molar-refractivity contribution >= 4 is 5.57 Å². The molecule has 1 aliphatic rings. The Hall–Kier alpha value is -1.44. The van der Waals surface area contributed by atoms with E-state index in [1.165, 1.54) is 17.2 Å². The van der Waals surface area contributed by atoms with Crippen LogP contribution in [0.2, 0.25) is 0 Å². The lowest BCUT2D eigenvalue weighted by molar-refractivity contribution is 0.872. The summed E-state index contributed by atoms with van der Waals surface area (Å²) in [7, 11) is 0. The van der Waals surface area contributed by atoms with Crippen LogP contribution in [0.1, 0.15) is 26.2 Å². The first-order chi connectivity index (χ1) is 6.88. The Morgan fingerprint density at radius 1 is 1.36 bits per heavy atom. The van der Waals surface area contributed by atoms with E-state index < -0.39 is 0 Å². The fourth-order valence-corrected chi connectivity index (χ4v) is 1.66. The molecule has 0 saturated heterocycles. The Labute approximate surface area is 83.7 Å². The van der Waals surface area contributed by atoms with Gasteiger partial charge in [0, 0.05) is 23.8 Å². The Balaban J connectivity index is 2.71. The highest BCUT2D eigenvalue weighted by Gasteiger charge is 1.95. The second kappa shape index (κ2) is 4.18. The summed E-state index contributed by atoms with van der Waals surface area (Å²) in [6, 6.07) is 1.97. The second-order valence-electron chi connectivity index (χ2n) is 3.58. The van der Waals surface area contributed by atoms with Gasteiger partial charge in [-0.2, -0.15) is 0 Å². The second-order valence-corrected chi connectivity index (χ2v) is 3.58. The van der Waals surface area contributed by atoms with E-state index in [0.717, 1.165) is 18.2 Å². The smallest absolute Gasteiger partial charge is 0.0732 e. The standard InChI is InChI=1S/C12H14N2/c1-10-5-3-2-4-7-14-12-6-8-13-9-11(10)12/h4,6-9H,2-3,5H2,1H3/b7-4-,11-10-,14-12+. The summed E-state index contributed by atoms with van der Waals surface area (Å²) < 4.78 is 0. The lowest BCUT2D eigenvalue weighted by Gasteiger charge is -1.98. The summed E-state index contributed by atoms with van der Waals surface area (Å²) in [5, 5.41) is 2.23. The van der Waals surface area contributed by atoms with Gasteiger partial charge in [0.2, 0.25) is 0 Å². The van der Waals surface area contributed by atoms with Crippen molar-refractivity contribution in [1.82, 2.24) is 4.98 Å². The minimum atomic E-state index is 1.04. The summed E-state index contributed by atoms with van der Waals surface area (Å²) in [6.07, 6.45) is 11.2. The minimum absolute atomic E-state index is 1.04. The molecular formula is C12H14N2. The van der Waals surface area contributed by atoms with Crippen LogP contribution in [0.3, 0.4) is 0 Å². The fraction of sp³-hybridized carbons (Fsp3) is 0.333. The number of hydrogen-bond donors (Lipinski definition) is 0. The molecule has 14 heavy (non-hydrogen) atoms. The molecule has 0 fully saturated rings. The van der Waals surface area contributed by atoms with E-state index in [2.05, 4.69) is 23.0 Å². The van der Waals surface area contributed by atoms with Crippen LogP contribution in [0.5, 0.6) is 0 Å². The molecule has 1 aromatic heterocycles. The zero-order valence-corrected chi connectivity index (χ0v) is 8.40. The largest absolute Gasteiger partial charge is 0.264 e. The van der Waals surface area contributed by atoms with Gasteiger partial charge in [0.25, 0.3) is 0 Å². The third-order valence-electron chi connectivity index (χ3n) is 2.50. The van der Waals surface area contributed by atoms with E-state index in [1.807, 2.05) is 18.5 Å². The van der Waals surface area contributed by atoms with Crippen LogP contribution in [0.25, 0.3) is 5.57 Å². The summed E-state index contributed by atoms with van der Waals surface area (Å²) in [5.41, 5.74) is 1.39. The van der Waals surface area contributed by atoms with Gasteiger partial charge >= 0.3 is 0 Å². The molecule has 0 radical (unpaired) electrons. The fourth-order valence-electron chi connectivity index (χ4n) is 1.66. The van der Waals surface area contributed by atoms with Crippen molar-refractivity contribution in [2.24, 2.45) is 4.99 Å². The van der Waals surface area contributed by atoms with Crippen molar-refractivity contribution in [1.29, 1.82) is 0 Å². The van der Waals surface area contributed by atoms with E-state index in [9.17, 15) is 0 Å². The van der Waals surface area contributed by atoms with Crippen LogP contribution >= 0.6 is 0 Å². The molecule has 1 aliphatic heterocycles. The molecular weight excluding hydrogens is 172 g/mol. The number of nitrogens with zero attached hydrogens (tertiary/aromatic N) is 2. The number of fused-ring (bicyclic) bond motifs is 1. The van der Waals surface area contributed by atoms with Crippen molar-refractivity contribution < 1.29 is 0 Å². The predicted molar refractivity (Wildman–Crippen MR) is 57.1 cm³/mol. The van der Waals surface area contributed by atoms with Crippen LogP contribution < -0.4 is 10.6 Å². The first-order valence-electron chi connectivity index (χ1n) is 5.00. The van der Waals surface area contributed by atoms with Gasteiger partial charge in [0.1, 0.15) is 0 Å². The first kappa shape index (κ1) is 9.13. The van der Waals surface area contributed by atoms with Crippen molar-refractivity contribution in [3.8, 4) is 0 Å². The molecule has 2 rings (SSSR count). The van der Waals surface area contributed by atoms with Crippen molar-refractivity contribution in [3.05, 3.63) is 41.3 Å². The highest BCUT2D eigenvalue weighted by Crippen LogP contribution is 2.06. The SMILES string of the molecule is C\C1=c2/cncc/c2=N\C=C/CCC1. The molecule has 0 atom stereocenters. The van der Waals surface area contributed by atoms with Gasteiger partial charge in [-0.05, 0) is 32.3 Å². The molecule has 0 amide bonds. The summed E-state index contributed by atoms with van der Waals surface area (Å²) in [4.78, 5) is 8.56. The average molecular weight is 186 g/mol. The molecule has 0 saturated carbocycles. The maximum absolute atomic E-state index is 4.42. The normalized spacial score (nSPS) is 24.8. The predicted octanol–water partition coefficient (Wildman–Crippen LogP) is 1.57. The zero-order valence-electron chi connectivity index (χ0n) is 8.40. The van der Waals surface area contributed by atoms with Gasteiger partial charge in [-0.1, -0.05) is 11.6 Å². The van der Waals surface area contributed by atoms with Crippen LogP contribution in [0, 0.1) is 0 Å². The molecule has 1 aromatic rings. The highest BCUT2D eigenvalue weighted by atomic mass is 14.7. The maximum Gasteiger partial charge on any atom is 0.0732 e. The summed E-state index contributed by atoms with van der Waals surface area (Å²) in [6.45, 7) is 2.17. The Kier molecular flexibility index (Phi) is 2.73. The van der Waals surface area contributed by atoms with Gasteiger partial charge in [-0.3, -0.25) is 9.98 Å². The molecule has 2 heterocycles. The van der Waals surface area contributed by atoms with Crippen molar-refractivity contribution in [3.63, 3.8) is 0 Å². The molecule has 0 N–H and O–H groups in total. The van der Waals surface area contributed by atoms with Gasteiger partial charge in [-0.15, -0.1) is 0 Å². The molecule has 0 aromatic carbocycles. The summed E-state index contributed by atoms with van der Waals surface area (Å²) in [5.74, 6) is 0. The quantitative estimate of drug-likeness (QED) is 0.603. The van der Waals surface area contributed by atoms with Crippen molar-refractivity contribution in [2.75, 3.05) is 0 Å². The topological polar surface area (TPSA) is 25.2 Å². The number of allylic oxidation sites excluding steroid dienone is 1. The molecule has 2 heteroatoms.